The second-order valence-electron chi connectivity index (χ2n) is 6.75. The number of methoxy groups -OCH3 is 1. The van der Waals surface area contributed by atoms with E-state index in [2.05, 4.69) is 26.8 Å². The number of rotatable bonds is 6. The largest absolute Gasteiger partial charge is 0.496 e. The van der Waals surface area contributed by atoms with Crippen LogP contribution in [0.25, 0.3) is 0 Å². The van der Waals surface area contributed by atoms with Gasteiger partial charge >= 0.3 is 0 Å². The van der Waals surface area contributed by atoms with Crippen molar-refractivity contribution in [3.63, 3.8) is 0 Å². The van der Waals surface area contributed by atoms with Crippen LogP contribution in [0.1, 0.15) is 30.9 Å². The van der Waals surface area contributed by atoms with Crippen molar-refractivity contribution in [2.24, 2.45) is 5.10 Å². The lowest BCUT2D eigenvalue weighted by molar-refractivity contribution is 0.321. The molecule has 0 aliphatic carbocycles. The summed E-state index contributed by atoms with van der Waals surface area (Å²) in [4.78, 5) is 2.43. The van der Waals surface area contributed by atoms with E-state index in [4.69, 9.17) is 17.0 Å². The van der Waals surface area contributed by atoms with Crippen molar-refractivity contribution in [1.29, 1.82) is 0 Å². The first-order valence-electron chi connectivity index (χ1n) is 9.32. The molecule has 2 aromatic carbocycles. The van der Waals surface area contributed by atoms with Crippen molar-refractivity contribution in [1.82, 2.24) is 10.3 Å². The number of hydrogen-bond donors (Lipinski definition) is 2. The van der Waals surface area contributed by atoms with Gasteiger partial charge in [0.1, 0.15) is 11.6 Å². The fourth-order valence-corrected chi connectivity index (χ4v) is 3.38. The molecule has 0 aromatic heterocycles. The molecule has 0 saturated carbocycles. The van der Waals surface area contributed by atoms with Gasteiger partial charge in [-0.3, -0.25) is 10.3 Å². The normalized spacial score (nSPS) is 14.8. The minimum absolute atomic E-state index is 0.232. The first-order valence-corrected chi connectivity index (χ1v) is 9.73. The predicted octanol–water partition coefficient (Wildman–Crippen LogP) is 4.14. The van der Waals surface area contributed by atoms with Crippen LogP contribution in [0, 0.1) is 5.82 Å². The quantitative estimate of drug-likeness (QED) is 0.434. The topological polar surface area (TPSA) is 48.9 Å². The molecule has 1 aliphatic rings. The van der Waals surface area contributed by atoms with Gasteiger partial charge in [0.05, 0.1) is 18.5 Å². The summed E-state index contributed by atoms with van der Waals surface area (Å²) in [6, 6.07) is 12.4. The number of benzene rings is 2. The number of nitrogens with zero attached hydrogens (tertiary/aromatic N) is 2. The molecule has 5 nitrogen and oxygen atoms in total. The summed E-state index contributed by atoms with van der Waals surface area (Å²) in [7, 11) is 1.69. The molecule has 2 aromatic rings. The molecule has 2 N–H and O–H groups in total. The highest BCUT2D eigenvalue weighted by Gasteiger charge is 2.15. The van der Waals surface area contributed by atoms with Crippen molar-refractivity contribution in [3.05, 3.63) is 59.4 Å². The Morgan fingerprint density at radius 2 is 1.96 bits per heavy atom. The van der Waals surface area contributed by atoms with Gasteiger partial charge in [0.15, 0.2) is 5.11 Å². The molecule has 28 heavy (non-hydrogen) atoms. The smallest absolute Gasteiger partial charge is 0.191 e. The van der Waals surface area contributed by atoms with E-state index in [0.29, 0.717) is 5.69 Å². The van der Waals surface area contributed by atoms with E-state index in [1.807, 2.05) is 19.1 Å². The van der Waals surface area contributed by atoms with Gasteiger partial charge in [-0.25, -0.2) is 4.39 Å². The molecule has 1 fully saturated rings. The van der Waals surface area contributed by atoms with E-state index in [9.17, 15) is 4.39 Å². The van der Waals surface area contributed by atoms with Crippen molar-refractivity contribution < 1.29 is 9.13 Å². The monoisotopic (exact) mass is 400 g/mol. The molecular formula is C21H25FN4OS. The first-order chi connectivity index (χ1) is 13.6. The van der Waals surface area contributed by atoms with E-state index >= 15 is 0 Å². The van der Waals surface area contributed by atoms with Crippen molar-refractivity contribution in [2.45, 2.75) is 26.3 Å². The van der Waals surface area contributed by atoms with Crippen molar-refractivity contribution in [2.75, 3.05) is 25.5 Å². The van der Waals surface area contributed by atoms with Crippen LogP contribution >= 0.6 is 12.2 Å². The van der Waals surface area contributed by atoms with E-state index in [1.165, 1.54) is 18.9 Å². The maximum Gasteiger partial charge on any atom is 0.191 e. The summed E-state index contributed by atoms with van der Waals surface area (Å²) in [5.74, 6) is 0.516. The van der Waals surface area contributed by atoms with Gasteiger partial charge in [0, 0.05) is 12.1 Å². The lowest BCUT2D eigenvalue weighted by atomic mass is 10.1. The number of anilines is 1. The first kappa shape index (κ1) is 20.2. The summed E-state index contributed by atoms with van der Waals surface area (Å²) in [6.07, 6.45) is 2.50. The molecule has 3 rings (SSSR count). The molecule has 1 aliphatic heterocycles. The minimum Gasteiger partial charge on any atom is -0.496 e. The third-order valence-corrected chi connectivity index (χ3v) is 4.93. The molecule has 1 saturated heterocycles. The zero-order valence-corrected chi connectivity index (χ0v) is 17.0. The third kappa shape index (κ3) is 5.27. The van der Waals surface area contributed by atoms with Gasteiger partial charge in [-0.05, 0) is 81.0 Å². The van der Waals surface area contributed by atoms with Gasteiger partial charge in [0.2, 0.25) is 0 Å². The van der Waals surface area contributed by atoms with Crippen LogP contribution in [0.5, 0.6) is 5.75 Å². The average Bonchev–Trinajstić information content (AvgIpc) is 3.21. The van der Waals surface area contributed by atoms with Gasteiger partial charge in [-0.15, -0.1) is 0 Å². The summed E-state index contributed by atoms with van der Waals surface area (Å²) in [6.45, 7) is 5.01. The Labute approximate surface area is 170 Å². The van der Waals surface area contributed by atoms with Crippen molar-refractivity contribution in [3.8, 4) is 5.75 Å². The summed E-state index contributed by atoms with van der Waals surface area (Å²) < 4.78 is 19.2. The number of thiocarbonyl (C=S) groups is 1. The summed E-state index contributed by atoms with van der Waals surface area (Å²) in [5.41, 5.74) is 5.99. The molecule has 1 heterocycles. The van der Waals surface area contributed by atoms with E-state index in [-0.39, 0.29) is 10.9 Å². The highest BCUT2D eigenvalue weighted by atomic mass is 32.1. The Kier molecular flexibility index (Phi) is 6.95. The van der Waals surface area contributed by atoms with E-state index < -0.39 is 0 Å². The summed E-state index contributed by atoms with van der Waals surface area (Å²) >= 11 is 5.20. The Bertz CT molecular complexity index is 865. The second kappa shape index (κ2) is 9.61. The Balaban J connectivity index is 1.67. The molecular weight excluding hydrogens is 375 g/mol. The number of para-hydroxylation sites is 1. The summed E-state index contributed by atoms with van der Waals surface area (Å²) in [5, 5.41) is 7.37. The fourth-order valence-electron chi connectivity index (χ4n) is 3.22. The van der Waals surface area contributed by atoms with Crippen LogP contribution < -0.4 is 15.5 Å². The van der Waals surface area contributed by atoms with Crippen LogP contribution in [0.15, 0.2) is 47.6 Å². The fraction of sp³-hybridized carbons (Fsp3) is 0.333. The van der Waals surface area contributed by atoms with Crippen LogP contribution in [0.2, 0.25) is 0 Å². The van der Waals surface area contributed by atoms with Crippen LogP contribution in [0.3, 0.4) is 0 Å². The standard InChI is InChI=1S/C21H25FN4OS/c1-15(24-25-21(28)23-19-8-4-3-7-18(19)22)16-9-10-20(27-2)17(13-16)14-26-11-5-6-12-26/h3-4,7-10,13H,5-6,11-12,14H2,1-2H3,(H2,23,25,28)/b24-15-. The Morgan fingerprint density at radius 3 is 2.68 bits per heavy atom. The molecule has 0 atom stereocenters. The van der Waals surface area contributed by atoms with Crippen LogP contribution in [-0.2, 0) is 6.54 Å². The highest BCUT2D eigenvalue weighted by molar-refractivity contribution is 7.80. The molecule has 0 amide bonds. The van der Waals surface area contributed by atoms with Crippen LogP contribution in [0.4, 0.5) is 10.1 Å². The third-order valence-electron chi connectivity index (χ3n) is 4.74. The van der Waals surface area contributed by atoms with Gasteiger partial charge < -0.3 is 10.1 Å². The number of hydrazone groups is 1. The van der Waals surface area contributed by atoms with Gasteiger partial charge in [-0.2, -0.15) is 5.10 Å². The number of likely N-dealkylation sites (tertiary alicyclic amines) is 1. The number of nitrogens with one attached hydrogen (secondary N) is 2. The number of hydrogen-bond acceptors (Lipinski definition) is 4. The Morgan fingerprint density at radius 1 is 1.21 bits per heavy atom. The average molecular weight is 401 g/mol. The highest BCUT2D eigenvalue weighted by Crippen LogP contribution is 2.24. The SMILES string of the molecule is COc1ccc(/C(C)=N\NC(=S)Nc2ccccc2F)cc1CN1CCCC1. The molecule has 0 spiro atoms. The maximum atomic E-state index is 13.7. The predicted molar refractivity (Wildman–Crippen MR) is 115 cm³/mol. The number of ether oxygens (including phenoxy) is 1. The number of halogens is 1. The minimum atomic E-state index is -0.367. The van der Waals surface area contributed by atoms with Crippen molar-refractivity contribution >= 4 is 28.7 Å². The van der Waals surface area contributed by atoms with E-state index in [1.54, 1.807) is 25.3 Å². The maximum absolute atomic E-state index is 13.7. The molecule has 0 unspecified atom stereocenters. The lowest BCUT2D eigenvalue weighted by Gasteiger charge is -2.18. The zero-order valence-electron chi connectivity index (χ0n) is 16.2. The van der Waals surface area contributed by atoms with Gasteiger partial charge in [0.25, 0.3) is 0 Å². The van der Waals surface area contributed by atoms with Crippen LogP contribution in [-0.4, -0.2) is 35.9 Å². The van der Waals surface area contributed by atoms with E-state index in [0.717, 1.165) is 42.2 Å². The molecule has 0 radical (unpaired) electrons. The lowest BCUT2D eigenvalue weighted by Crippen LogP contribution is -2.25. The molecule has 148 valence electrons. The molecule has 7 heteroatoms. The zero-order chi connectivity index (χ0) is 19.9. The van der Waals surface area contributed by atoms with Gasteiger partial charge in [-0.1, -0.05) is 12.1 Å². The Hall–Kier alpha value is -2.51. The molecule has 0 bridgehead atoms. The second-order valence-corrected chi connectivity index (χ2v) is 7.16.